The van der Waals surface area contributed by atoms with Gasteiger partial charge in [-0.1, -0.05) is 13.8 Å². The van der Waals surface area contributed by atoms with Crippen molar-refractivity contribution in [1.29, 1.82) is 0 Å². The van der Waals surface area contributed by atoms with Crippen molar-refractivity contribution in [2.45, 2.75) is 46.6 Å². The lowest BCUT2D eigenvalue weighted by Crippen LogP contribution is -2.48. The van der Waals surface area contributed by atoms with Crippen molar-refractivity contribution in [1.82, 2.24) is 10.6 Å². The molecule has 0 radical (unpaired) electrons. The summed E-state index contributed by atoms with van der Waals surface area (Å²) in [5.74, 6) is 0.566. The van der Waals surface area contributed by atoms with Gasteiger partial charge in [0, 0.05) is 18.6 Å². The molecular formula is C14H28N2O2. The van der Waals surface area contributed by atoms with Crippen molar-refractivity contribution in [3.63, 3.8) is 0 Å². The number of hydrogen-bond donors (Lipinski definition) is 2. The molecule has 0 spiro atoms. The average Bonchev–Trinajstić information content (AvgIpc) is 2.37. The minimum atomic E-state index is -0.306. The third-order valence-electron chi connectivity index (χ3n) is 3.90. The number of carbonyl (C=O) groups is 1. The molecule has 1 rings (SSSR count). The molecule has 1 heterocycles. The molecule has 0 aromatic heterocycles. The van der Waals surface area contributed by atoms with E-state index in [1.165, 1.54) is 0 Å². The Bertz CT molecular complexity index is 261. The maximum absolute atomic E-state index is 12.3. The number of carbonyl (C=O) groups excluding carboxylic acids is 1. The Labute approximate surface area is 111 Å². The molecule has 2 atom stereocenters. The zero-order chi connectivity index (χ0) is 13.6. The van der Waals surface area contributed by atoms with Gasteiger partial charge in [0.05, 0.1) is 6.10 Å². The molecule has 0 saturated carbocycles. The van der Waals surface area contributed by atoms with Crippen LogP contribution in [0.2, 0.25) is 0 Å². The zero-order valence-corrected chi connectivity index (χ0v) is 12.2. The Morgan fingerprint density at radius 2 is 2.28 bits per heavy atom. The molecule has 4 nitrogen and oxygen atoms in total. The molecule has 0 bridgehead atoms. The Morgan fingerprint density at radius 3 is 2.83 bits per heavy atom. The number of piperidine rings is 1. The van der Waals surface area contributed by atoms with Crippen LogP contribution in [-0.2, 0) is 9.53 Å². The van der Waals surface area contributed by atoms with Gasteiger partial charge in [-0.2, -0.15) is 0 Å². The highest BCUT2D eigenvalue weighted by molar-refractivity contribution is 5.82. The lowest BCUT2D eigenvalue weighted by molar-refractivity contribution is -0.133. The Kier molecular flexibility index (Phi) is 6.09. The largest absolute Gasteiger partial charge is 0.377 e. The lowest BCUT2D eigenvalue weighted by atomic mass is 9.74. The number of nitrogens with one attached hydrogen (secondary N) is 2. The smallest absolute Gasteiger partial charge is 0.226 e. The quantitative estimate of drug-likeness (QED) is 0.758. The molecule has 106 valence electrons. The van der Waals surface area contributed by atoms with Gasteiger partial charge in [-0.15, -0.1) is 0 Å². The van der Waals surface area contributed by atoms with E-state index in [2.05, 4.69) is 10.6 Å². The summed E-state index contributed by atoms with van der Waals surface area (Å²) in [6.45, 7) is 11.4. The number of ether oxygens (including phenoxy) is 1. The fourth-order valence-corrected chi connectivity index (χ4v) is 2.46. The molecule has 1 fully saturated rings. The molecule has 1 aliphatic rings. The molecule has 1 amide bonds. The van der Waals surface area contributed by atoms with E-state index in [9.17, 15) is 4.79 Å². The Balaban J connectivity index is 2.42. The van der Waals surface area contributed by atoms with Crippen LogP contribution in [0, 0.1) is 11.3 Å². The lowest BCUT2D eigenvalue weighted by Gasteiger charge is -2.36. The van der Waals surface area contributed by atoms with Crippen LogP contribution >= 0.6 is 0 Å². The second-order valence-corrected chi connectivity index (χ2v) is 5.74. The molecule has 1 saturated heterocycles. The summed E-state index contributed by atoms with van der Waals surface area (Å²) in [7, 11) is 0. The molecule has 0 aromatic carbocycles. The highest BCUT2D eigenvalue weighted by atomic mass is 16.5. The van der Waals surface area contributed by atoms with Crippen LogP contribution in [0.3, 0.4) is 0 Å². The summed E-state index contributed by atoms with van der Waals surface area (Å²) in [5, 5.41) is 6.39. The fraction of sp³-hybridized carbons (Fsp3) is 0.929. The van der Waals surface area contributed by atoms with E-state index in [0.29, 0.717) is 19.1 Å². The summed E-state index contributed by atoms with van der Waals surface area (Å²) in [4.78, 5) is 12.3. The first-order valence-corrected chi connectivity index (χ1v) is 7.09. The SMILES string of the molecule is CCOC(C)CNC(=O)C(C)(C)C1CCCNC1. The van der Waals surface area contributed by atoms with Gasteiger partial charge in [-0.3, -0.25) is 4.79 Å². The molecule has 1 aliphatic heterocycles. The van der Waals surface area contributed by atoms with E-state index in [0.717, 1.165) is 25.9 Å². The minimum absolute atomic E-state index is 0.0826. The van der Waals surface area contributed by atoms with Crippen LogP contribution in [-0.4, -0.2) is 38.3 Å². The third kappa shape index (κ3) is 4.25. The predicted molar refractivity (Wildman–Crippen MR) is 73.5 cm³/mol. The van der Waals surface area contributed by atoms with Gasteiger partial charge < -0.3 is 15.4 Å². The van der Waals surface area contributed by atoms with Crippen LogP contribution in [0.15, 0.2) is 0 Å². The van der Waals surface area contributed by atoms with Gasteiger partial charge in [0.2, 0.25) is 5.91 Å². The van der Waals surface area contributed by atoms with Gasteiger partial charge >= 0.3 is 0 Å². The van der Waals surface area contributed by atoms with E-state index in [1.54, 1.807) is 0 Å². The first kappa shape index (κ1) is 15.4. The zero-order valence-electron chi connectivity index (χ0n) is 12.2. The molecule has 4 heteroatoms. The van der Waals surface area contributed by atoms with Crippen LogP contribution in [0.1, 0.15) is 40.5 Å². The molecule has 2 unspecified atom stereocenters. The molecular weight excluding hydrogens is 228 g/mol. The van der Waals surface area contributed by atoms with E-state index < -0.39 is 0 Å². The minimum Gasteiger partial charge on any atom is -0.377 e. The van der Waals surface area contributed by atoms with Crippen molar-refractivity contribution in [3.8, 4) is 0 Å². The second-order valence-electron chi connectivity index (χ2n) is 5.74. The standard InChI is InChI=1S/C14H28N2O2/c1-5-18-11(2)9-16-13(17)14(3,4)12-7-6-8-15-10-12/h11-12,15H,5-10H2,1-4H3,(H,16,17). The highest BCUT2D eigenvalue weighted by Crippen LogP contribution is 2.31. The summed E-state index contributed by atoms with van der Waals surface area (Å²) in [5.41, 5.74) is -0.306. The van der Waals surface area contributed by atoms with Crippen molar-refractivity contribution >= 4 is 5.91 Å². The van der Waals surface area contributed by atoms with Crippen LogP contribution in [0.5, 0.6) is 0 Å². The topological polar surface area (TPSA) is 50.4 Å². The fourth-order valence-electron chi connectivity index (χ4n) is 2.46. The predicted octanol–water partition coefficient (Wildman–Crippen LogP) is 1.55. The Morgan fingerprint density at radius 1 is 1.56 bits per heavy atom. The number of hydrogen-bond acceptors (Lipinski definition) is 3. The third-order valence-corrected chi connectivity index (χ3v) is 3.90. The molecule has 0 aliphatic carbocycles. The van der Waals surface area contributed by atoms with E-state index in [4.69, 9.17) is 4.74 Å². The van der Waals surface area contributed by atoms with Crippen molar-refractivity contribution in [2.24, 2.45) is 11.3 Å². The second kappa shape index (κ2) is 7.10. The van der Waals surface area contributed by atoms with E-state index >= 15 is 0 Å². The van der Waals surface area contributed by atoms with Gasteiger partial charge in [0.15, 0.2) is 0 Å². The van der Waals surface area contributed by atoms with Crippen molar-refractivity contribution in [3.05, 3.63) is 0 Å². The molecule has 2 N–H and O–H groups in total. The highest BCUT2D eigenvalue weighted by Gasteiger charge is 2.37. The first-order chi connectivity index (χ1) is 8.48. The molecule has 0 aromatic rings. The van der Waals surface area contributed by atoms with Gasteiger partial charge in [-0.25, -0.2) is 0 Å². The normalized spacial score (nSPS) is 22.6. The van der Waals surface area contributed by atoms with Crippen LogP contribution < -0.4 is 10.6 Å². The monoisotopic (exact) mass is 256 g/mol. The van der Waals surface area contributed by atoms with Crippen molar-refractivity contribution in [2.75, 3.05) is 26.2 Å². The summed E-state index contributed by atoms with van der Waals surface area (Å²) >= 11 is 0. The number of amides is 1. The van der Waals surface area contributed by atoms with Crippen molar-refractivity contribution < 1.29 is 9.53 Å². The average molecular weight is 256 g/mol. The maximum Gasteiger partial charge on any atom is 0.226 e. The summed E-state index contributed by atoms with van der Waals surface area (Å²) in [6, 6.07) is 0. The summed E-state index contributed by atoms with van der Waals surface area (Å²) < 4.78 is 5.42. The first-order valence-electron chi connectivity index (χ1n) is 7.09. The van der Waals surface area contributed by atoms with Gasteiger partial charge in [0.25, 0.3) is 0 Å². The number of rotatable bonds is 6. The van der Waals surface area contributed by atoms with Gasteiger partial charge in [-0.05, 0) is 45.7 Å². The van der Waals surface area contributed by atoms with Crippen LogP contribution in [0.25, 0.3) is 0 Å². The summed E-state index contributed by atoms with van der Waals surface area (Å²) in [6.07, 6.45) is 2.38. The molecule has 18 heavy (non-hydrogen) atoms. The maximum atomic E-state index is 12.3. The van der Waals surface area contributed by atoms with Crippen LogP contribution in [0.4, 0.5) is 0 Å². The Hall–Kier alpha value is -0.610. The van der Waals surface area contributed by atoms with E-state index in [-0.39, 0.29) is 17.4 Å². The van der Waals surface area contributed by atoms with Gasteiger partial charge in [0.1, 0.15) is 0 Å². The van der Waals surface area contributed by atoms with E-state index in [1.807, 2.05) is 27.7 Å².